The molecule has 22 heavy (non-hydrogen) atoms. The van der Waals surface area contributed by atoms with E-state index in [-0.39, 0.29) is 29.9 Å². The van der Waals surface area contributed by atoms with Gasteiger partial charge in [0.25, 0.3) is 0 Å². The van der Waals surface area contributed by atoms with Gasteiger partial charge in [0.05, 0.1) is 6.61 Å². The van der Waals surface area contributed by atoms with Crippen LogP contribution >= 0.6 is 12.4 Å². The fraction of sp³-hybridized carbons (Fsp3) is 0.438. The molecule has 1 aliphatic rings. The van der Waals surface area contributed by atoms with E-state index in [0.29, 0.717) is 26.0 Å². The van der Waals surface area contributed by atoms with Crippen molar-refractivity contribution in [2.24, 2.45) is 0 Å². The first-order chi connectivity index (χ1) is 10.3. The van der Waals surface area contributed by atoms with Crippen molar-refractivity contribution in [3.05, 3.63) is 41.7 Å². The number of carbonyl (C=O) groups excluding carboxylic acids is 1. The molecule has 122 valence electrons. The molecule has 0 fully saturated rings. The molecule has 0 saturated heterocycles. The minimum Gasteiger partial charge on any atom is -0.491 e. The third kappa shape index (κ3) is 6.45. The van der Waals surface area contributed by atoms with E-state index in [9.17, 15) is 9.18 Å². The molecule has 1 heterocycles. The minimum absolute atomic E-state index is 0. The molecule has 0 bridgehead atoms. The summed E-state index contributed by atoms with van der Waals surface area (Å²) in [7, 11) is 0. The van der Waals surface area contributed by atoms with Crippen LogP contribution in [0.2, 0.25) is 0 Å². The van der Waals surface area contributed by atoms with Gasteiger partial charge in [-0.3, -0.25) is 4.79 Å². The molecule has 0 aromatic heterocycles. The first-order valence-electron chi connectivity index (χ1n) is 7.28. The van der Waals surface area contributed by atoms with E-state index in [1.54, 1.807) is 18.2 Å². The molecule has 0 atom stereocenters. The molecule has 0 spiro atoms. The van der Waals surface area contributed by atoms with Crippen molar-refractivity contribution in [3.63, 3.8) is 0 Å². The van der Waals surface area contributed by atoms with Crippen LogP contribution in [0.4, 0.5) is 4.39 Å². The van der Waals surface area contributed by atoms with Crippen molar-refractivity contribution < 1.29 is 13.9 Å². The Labute approximate surface area is 136 Å². The number of carbonyl (C=O) groups is 1. The van der Waals surface area contributed by atoms with Crippen molar-refractivity contribution >= 4 is 18.3 Å². The first-order valence-corrected chi connectivity index (χ1v) is 7.28. The Kier molecular flexibility index (Phi) is 8.55. The maximum Gasteiger partial charge on any atom is 0.220 e. The van der Waals surface area contributed by atoms with Crippen LogP contribution in [0.5, 0.6) is 5.75 Å². The lowest BCUT2D eigenvalue weighted by Gasteiger charge is -2.14. The zero-order valence-corrected chi connectivity index (χ0v) is 13.3. The lowest BCUT2D eigenvalue weighted by Crippen LogP contribution is -2.29. The number of ether oxygens (including phenoxy) is 1. The molecule has 1 amide bonds. The van der Waals surface area contributed by atoms with Crippen molar-refractivity contribution in [3.8, 4) is 5.75 Å². The maximum atomic E-state index is 13.3. The van der Waals surface area contributed by atoms with E-state index < -0.39 is 0 Å². The highest BCUT2D eigenvalue weighted by molar-refractivity contribution is 5.85. The number of nitrogens with one attached hydrogen (secondary N) is 2. The van der Waals surface area contributed by atoms with Gasteiger partial charge in [-0.15, -0.1) is 12.4 Å². The van der Waals surface area contributed by atoms with Crippen molar-refractivity contribution in [2.75, 3.05) is 26.2 Å². The quantitative estimate of drug-likeness (QED) is 0.597. The third-order valence-corrected chi connectivity index (χ3v) is 3.31. The zero-order chi connectivity index (χ0) is 14.9. The standard InChI is InChI=1S/C16H21FN2O2.ClH/c17-14-4-1-2-5-15(14)21-11-3-6-16(20)19-12-13-7-9-18-10-8-13;/h1-2,4-5,7,18H,3,6,8-12H2,(H,19,20);1H. The molecule has 6 heteroatoms. The summed E-state index contributed by atoms with van der Waals surface area (Å²) < 4.78 is 18.6. The number of para-hydroxylation sites is 1. The number of hydrogen-bond acceptors (Lipinski definition) is 3. The number of hydrogen-bond donors (Lipinski definition) is 2. The van der Waals surface area contributed by atoms with E-state index >= 15 is 0 Å². The monoisotopic (exact) mass is 328 g/mol. The average Bonchev–Trinajstić information content (AvgIpc) is 2.52. The van der Waals surface area contributed by atoms with E-state index in [2.05, 4.69) is 16.7 Å². The molecular weight excluding hydrogens is 307 g/mol. The van der Waals surface area contributed by atoms with Gasteiger partial charge in [-0.2, -0.15) is 0 Å². The molecule has 4 nitrogen and oxygen atoms in total. The van der Waals surface area contributed by atoms with Crippen LogP contribution in [-0.4, -0.2) is 32.1 Å². The molecule has 0 unspecified atom stereocenters. The smallest absolute Gasteiger partial charge is 0.220 e. The van der Waals surface area contributed by atoms with Crippen LogP contribution in [0.3, 0.4) is 0 Å². The molecular formula is C16H22ClFN2O2. The van der Waals surface area contributed by atoms with Crippen LogP contribution in [0.15, 0.2) is 35.9 Å². The van der Waals surface area contributed by atoms with Crippen LogP contribution in [0, 0.1) is 5.82 Å². The molecule has 1 aromatic rings. The number of rotatable bonds is 7. The van der Waals surface area contributed by atoms with E-state index in [4.69, 9.17) is 4.74 Å². The average molecular weight is 329 g/mol. The summed E-state index contributed by atoms with van der Waals surface area (Å²) in [5.41, 5.74) is 1.27. The van der Waals surface area contributed by atoms with Gasteiger partial charge in [0, 0.05) is 19.5 Å². The van der Waals surface area contributed by atoms with Gasteiger partial charge in [0.15, 0.2) is 11.6 Å². The Bertz CT molecular complexity index is 509. The SMILES string of the molecule is Cl.O=C(CCCOc1ccccc1F)NCC1=CCNCC1. The van der Waals surface area contributed by atoms with Gasteiger partial charge in [-0.05, 0) is 31.5 Å². The molecule has 0 saturated carbocycles. The summed E-state index contributed by atoms with van der Waals surface area (Å²) >= 11 is 0. The van der Waals surface area contributed by atoms with Crippen LogP contribution in [0.25, 0.3) is 0 Å². The second-order valence-corrected chi connectivity index (χ2v) is 4.98. The fourth-order valence-electron chi connectivity index (χ4n) is 2.11. The third-order valence-electron chi connectivity index (χ3n) is 3.31. The largest absolute Gasteiger partial charge is 0.491 e. The summed E-state index contributed by atoms with van der Waals surface area (Å²) in [6, 6.07) is 6.27. The van der Waals surface area contributed by atoms with Crippen LogP contribution in [-0.2, 0) is 4.79 Å². The lowest BCUT2D eigenvalue weighted by molar-refractivity contribution is -0.121. The Morgan fingerprint density at radius 1 is 1.36 bits per heavy atom. The van der Waals surface area contributed by atoms with Gasteiger partial charge < -0.3 is 15.4 Å². The van der Waals surface area contributed by atoms with Crippen molar-refractivity contribution in [1.82, 2.24) is 10.6 Å². The van der Waals surface area contributed by atoms with Crippen molar-refractivity contribution in [1.29, 1.82) is 0 Å². The Hall–Kier alpha value is -1.59. The van der Waals surface area contributed by atoms with Gasteiger partial charge in [-0.25, -0.2) is 4.39 Å². The highest BCUT2D eigenvalue weighted by atomic mass is 35.5. The summed E-state index contributed by atoms with van der Waals surface area (Å²) in [6.07, 6.45) is 4.06. The lowest BCUT2D eigenvalue weighted by atomic mass is 10.1. The fourth-order valence-corrected chi connectivity index (χ4v) is 2.11. The van der Waals surface area contributed by atoms with Crippen LogP contribution < -0.4 is 15.4 Å². The van der Waals surface area contributed by atoms with Gasteiger partial charge in [0.1, 0.15) is 0 Å². The highest BCUT2D eigenvalue weighted by Gasteiger charge is 2.06. The minimum atomic E-state index is -0.375. The van der Waals surface area contributed by atoms with Gasteiger partial charge in [-0.1, -0.05) is 23.8 Å². The Balaban J connectivity index is 0.00000242. The zero-order valence-electron chi connectivity index (χ0n) is 12.4. The second-order valence-electron chi connectivity index (χ2n) is 4.98. The van der Waals surface area contributed by atoms with Crippen molar-refractivity contribution in [2.45, 2.75) is 19.3 Å². The Morgan fingerprint density at radius 2 is 2.18 bits per heavy atom. The second kappa shape index (κ2) is 10.2. The van der Waals surface area contributed by atoms with Crippen LogP contribution in [0.1, 0.15) is 19.3 Å². The molecule has 0 aliphatic carbocycles. The topological polar surface area (TPSA) is 50.4 Å². The van der Waals surface area contributed by atoms with Gasteiger partial charge >= 0.3 is 0 Å². The summed E-state index contributed by atoms with van der Waals surface area (Å²) in [5, 5.41) is 6.13. The Morgan fingerprint density at radius 3 is 2.91 bits per heavy atom. The molecule has 2 N–H and O–H groups in total. The molecule has 1 aliphatic heterocycles. The summed E-state index contributed by atoms with van der Waals surface area (Å²) in [5.74, 6) is -0.135. The predicted molar refractivity (Wildman–Crippen MR) is 87.0 cm³/mol. The molecule has 0 radical (unpaired) electrons. The van der Waals surface area contributed by atoms with E-state index in [0.717, 1.165) is 19.5 Å². The first kappa shape index (κ1) is 18.5. The molecule has 1 aromatic carbocycles. The van der Waals surface area contributed by atoms with E-state index in [1.165, 1.54) is 11.6 Å². The van der Waals surface area contributed by atoms with E-state index in [1.807, 2.05) is 0 Å². The maximum absolute atomic E-state index is 13.3. The summed E-state index contributed by atoms with van der Waals surface area (Å²) in [6.45, 7) is 2.80. The number of amides is 1. The highest BCUT2D eigenvalue weighted by Crippen LogP contribution is 2.15. The molecule has 2 rings (SSSR count). The number of halogens is 2. The normalized spacial score (nSPS) is 13.8. The van der Waals surface area contributed by atoms with Gasteiger partial charge in [0.2, 0.25) is 5.91 Å². The summed E-state index contributed by atoms with van der Waals surface area (Å²) in [4.78, 5) is 11.7. The number of benzene rings is 1. The predicted octanol–water partition coefficient (Wildman–Crippen LogP) is 2.44.